The first-order chi connectivity index (χ1) is 10.2. The number of phosphoric acid groups is 3. The summed E-state index contributed by atoms with van der Waals surface area (Å²) < 4.78 is 47.4. The van der Waals surface area contributed by atoms with Crippen LogP contribution in [0.2, 0.25) is 0 Å². The van der Waals surface area contributed by atoms with Crippen molar-refractivity contribution in [1.82, 2.24) is 0 Å². The molecule has 0 spiro atoms. The summed E-state index contributed by atoms with van der Waals surface area (Å²) in [5, 5.41) is 27.7. The van der Waals surface area contributed by atoms with E-state index in [1.54, 1.807) is 0 Å². The highest BCUT2D eigenvalue weighted by Crippen LogP contribution is 2.66. The van der Waals surface area contributed by atoms with E-state index in [2.05, 4.69) is 22.9 Å². The molecule has 1 rings (SSSR count). The van der Waals surface area contributed by atoms with Crippen molar-refractivity contribution in [2.75, 3.05) is 0 Å². The Kier molecular flexibility index (Phi) is 7.04. The smallest absolute Gasteiger partial charge is 0.387 e. The fourth-order valence-corrected chi connectivity index (χ4v) is 4.02. The van der Waals surface area contributed by atoms with Gasteiger partial charge in [0.1, 0.15) is 24.9 Å². The maximum Gasteiger partial charge on any atom is 0.508 e. The van der Waals surface area contributed by atoms with E-state index < -0.39 is 48.1 Å². The van der Waals surface area contributed by atoms with Crippen LogP contribution in [0.25, 0.3) is 0 Å². The summed E-state index contributed by atoms with van der Waals surface area (Å²) in [4.78, 5) is 38.3. The second kappa shape index (κ2) is 7.62. The summed E-state index contributed by atoms with van der Waals surface area (Å²) in [5.74, 6) is 0. The van der Waals surface area contributed by atoms with Gasteiger partial charge in [0.05, 0.1) is 0 Å². The molecule has 0 amide bonds. The molecule has 1 aliphatic heterocycles. The van der Waals surface area contributed by atoms with Crippen molar-refractivity contribution in [3.8, 4) is 0 Å². The lowest BCUT2D eigenvalue weighted by atomic mass is 10.1. The normalized spacial score (nSPS) is 32.2. The molecule has 18 heteroatoms. The molecule has 15 nitrogen and oxygen atoms in total. The summed E-state index contributed by atoms with van der Waals surface area (Å²) in [7, 11) is -16.9. The third-order valence-electron chi connectivity index (χ3n) is 1.99. The van der Waals surface area contributed by atoms with E-state index in [0.717, 1.165) is 0 Å². The molecule has 0 aromatic carbocycles. The summed E-state index contributed by atoms with van der Waals surface area (Å²) in [6.45, 7) is 0.715. The molecule has 137 valence electrons. The van der Waals surface area contributed by atoms with Gasteiger partial charge in [-0.05, 0) is 0 Å². The van der Waals surface area contributed by atoms with Crippen molar-refractivity contribution < 1.29 is 71.5 Å². The summed E-state index contributed by atoms with van der Waals surface area (Å²) in [6.07, 6.45) is -7.08. The third kappa shape index (κ3) is 7.32. The molecule has 0 aromatic rings. The Balaban J connectivity index is 2.57. The van der Waals surface area contributed by atoms with Crippen LogP contribution in [-0.2, 0) is 36.6 Å². The number of aliphatic hydroxyl groups excluding tert-OH is 3. The number of hydrogen-bond acceptors (Lipinski definition) is 11. The van der Waals surface area contributed by atoms with E-state index in [1.165, 1.54) is 0 Å². The predicted octanol–water partition coefficient (Wildman–Crippen LogP) is -2.14. The standard InChI is InChI=1S/C5H12O15P3/c6-2-1-16-4(3(2)7)5(8)17-18-22(12,13)20-23(14,15)19-21(9,10)11/h1-8H,(H,12,13)(H,14,15)(H2,9,10,11)/t2-,3-,4-,5?/m0/s1. The van der Waals surface area contributed by atoms with Crippen LogP contribution < -0.4 is 0 Å². The molecule has 1 radical (unpaired) electrons. The second-order valence-electron chi connectivity index (χ2n) is 3.87. The Hall–Kier alpha value is 0.210. The van der Waals surface area contributed by atoms with Crippen LogP contribution in [0.15, 0.2) is 0 Å². The van der Waals surface area contributed by atoms with Crippen molar-refractivity contribution in [3.05, 3.63) is 6.61 Å². The maximum atomic E-state index is 11.2. The van der Waals surface area contributed by atoms with Gasteiger partial charge in [0.25, 0.3) is 0 Å². The van der Waals surface area contributed by atoms with Crippen LogP contribution in [0, 0.1) is 6.61 Å². The van der Waals surface area contributed by atoms with Gasteiger partial charge in [0.2, 0.25) is 6.29 Å². The Labute approximate surface area is 127 Å². The second-order valence-corrected chi connectivity index (χ2v) is 8.18. The molecule has 0 bridgehead atoms. The maximum absolute atomic E-state index is 11.2. The molecule has 0 aromatic heterocycles. The Morgan fingerprint density at radius 1 is 1.00 bits per heavy atom. The lowest BCUT2D eigenvalue weighted by Gasteiger charge is -2.21. The summed E-state index contributed by atoms with van der Waals surface area (Å²) in [6, 6.07) is 0. The van der Waals surface area contributed by atoms with E-state index in [9.17, 15) is 23.9 Å². The molecule has 3 unspecified atom stereocenters. The topological polar surface area (TPSA) is 239 Å². The number of ether oxygens (including phenoxy) is 1. The van der Waals surface area contributed by atoms with Crippen LogP contribution in [0.3, 0.4) is 0 Å². The predicted molar refractivity (Wildman–Crippen MR) is 63.2 cm³/mol. The van der Waals surface area contributed by atoms with Gasteiger partial charge in [-0.3, -0.25) is 0 Å². The molecule has 0 aliphatic carbocycles. The zero-order chi connectivity index (χ0) is 18.1. The highest BCUT2D eigenvalue weighted by molar-refractivity contribution is 7.66. The van der Waals surface area contributed by atoms with Gasteiger partial charge in [0, 0.05) is 0 Å². The quantitative estimate of drug-likeness (QED) is 0.0987. The number of hydrogen-bond donors (Lipinski definition) is 7. The summed E-state index contributed by atoms with van der Waals surface area (Å²) >= 11 is 0. The highest BCUT2D eigenvalue weighted by atomic mass is 31.3. The zero-order valence-electron chi connectivity index (χ0n) is 10.6. The lowest BCUT2D eigenvalue weighted by Crippen LogP contribution is -2.39. The van der Waals surface area contributed by atoms with Crippen LogP contribution >= 0.6 is 23.5 Å². The fraction of sp³-hybridized carbons (Fsp3) is 0.800. The molecule has 1 heterocycles. The van der Waals surface area contributed by atoms with Crippen molar-refractivity contribution in [2.24, 2.45) is 0 Å². The number of rotatable bonds is 8. The first-order valence-electron chi connectivity index (χ1n) is 5.24. The molecule has 1 aliphatic rings. The van der Waals surface area contributed by atoms with Gasteiger partial charge < -0.3 is 39.6 Å². The zero-order valence-corrected chi connectivity index (χ0v) is 13.3. The van der Waals surface area contributed by atoms with Gasteiger partial charge in [-0.2, -0.15) is 13.5 Å². The van der Waals surface area contributed by atoms with E-state index in [1.807, 2.05) is 0 Å². The van der Waals surface area contributed by atoms with E-state index in [0.29, 0.717) is 6.61 Å². The van der Waals surface area contributed by atoms with Crippen LogP contribution in [0.4, 0.5) is 0 Å². The van der Waals surface area contributed by atoms with Gasteiger partial charge in [-0.1, -0.05) is 0 Å². The van der Waals surface area contributed by atoms with Gasteiger partial charge in [-0.25, -0.2) is 13.7 Å². The minimum Gasteiger partial charge on any atom is -0.387 e. The van der Waals surface area contributed by atoms with Crippen molar-refractivity contribution >= 4 is 23.5 Å². The van der Waals surface area contributed by atoms with E-state index in [-0.39, 0.29) is 0 Å². The average Bonchev–Trinajstić information content (AvgIpc) is 2.62. The molecular formula is C5H12O15P3. The van der Waals surface area contributed by atoms with Crippen LogP contribution in [0.1, 0.15) is 0 Å². The number of aliphatic hydroxyl groups is 3. The van der Waals surface area contributed by atoms with Crippen LogP contribution in [0.5, 0.6) is 0 Å². The van der Waals surface area contributed by atoms with Gasteiger partial charge in [-0.15, -0.1) is 4.67 Å². The highest BCUT2D eigenvalue weighted by Gasteiger charge is 2.44. The molecule has 0 saturated carbocycles. The largest absolute Gasteiger partial charge is 0.508 e. The molecule has 1 saturated heterocycles. The SMILES string of the molecule is O=P(O)(O)OP(=O)(O)OP(=O)(O)OOC(O)[C@H]1O[CH][C@H](O)[C@@H]1O. The Morgan fingerprint density at radius 2 is 1.57 bits per heavy atom. The van der Waals surface area contributed by atoms with Crippen molar-refractivity contribution in [3.63, 3.8) is 0 Å². The monoisotopic (exact) mass is 405 g/mol. The average molecular weight is 405 g/mol. The third-order valence-corrected chi connectivity index (χ3v) is 5.60. The van der Waals surface area contributed by atoms with Crippen molar-refractivity contribution in [2.45, 2.75) is 24.6 Å². The molecular weight excluding hydrogens is 393 g/mol. The van der Waals surface area contributed by atoms with Gasteiger partial charge in [0.15, 0.2) is 0 Å². The first kappa shape index (κ1) is 21.3. The van der Waals surface area contributed by atoms with Crippen molar-refractivity contribution in [1.29, 1.82) is 0 Å². The minimum atomic E-state index is -5.73. The first-order valence-corrected chi connectivity index (χ1v) is 9.76. The Bertz CT molecular complexity index is 541. The van der Waals surface area contributed by atoms with Crippen LogP contribution in [-0.4, -0.2) is 59.5 Å². The lowest BCUT2D eigenvalue weighted by molar-refractivity contribution is -0.340. The molecule has 1 fully saturated rings. The molecule has 6 atom stereocenters. The Morgan fingerprint density at radius 3 is 2.00 bits per heavy atom. The molecule has 7 N–H and O–H groups in total. The van der Waals surface area contributed by atoms with E-state index in [4.69, 9.17) is 24.7 Å². The van der Waals surface area contributed by atoms with Gasteiger partial charge >= 0.3 is 23.5 Å². The fourth-order valence-electron chi connectivity index (χ4n) is 1.21. The summed E-state index contributed by atoms with van der Waals surface area (Å²) in [5.41, 5.74) is 0. The minimum absolute atomic E-state index is 0.715. The molecule has 23 heavy (non-hydrogen) atoms. The van der Waals surface area contributed by atoms with E-state index >= 15 is 0 Å².